The predicted octanol–water partition coefficient (Wildman–Crippen LogP) is 5.24. The minimum Gasteiger partial charge on any atom is -0.368 e. The van der Waals surface area contributed by atoms with Crippen LogP contribution < -0.4 is 46.8 Å². The number of hydrazine groups is 1. The summed E-state index contributed by atoms with van der Waals surface area (Å²) in [5.74, 6) is -2.11. The van der Waals surface area contributed by atoms with Gasteiger partial charge in [-0.3, -0.25) is 38.4 Å². The minimum atomic E-state index is -1.07. The van der Waals surface area contributed by atoms with E-state index in [0.717, 1.165) is 47.7 Å². The number of nitrogens with zero attached hydrogens (tertiary/aromatic N) is 6. The number of hydrogen-bond donors (Lipinski definition) is 4. The van der Waals surface area contributed by atoms with Gasteiger partial charge in [0, 0.05) is 106 Å². The van der Waals surface area contributed by atoms with Crippen LogP contribution in [0.3, 0.4) is 0 Å². The number of fused-ring (bicyclic) bond motifs is 2. The highest BCUT2D eigenvalue weighted by atomic mass is 19.1. The number of imidazole rings is 1. The van der Waals surface area contributed by atoms with Gasteiger partial charge in [-0.05, 0) is 102 Å². The van der Waals surface area contributed by atoms with Crippen LogP contribution in [0.2, 0.25) is 0 Å². The molecular weight excluding hydrogens is 856 g/mol. The molecule has 17 heteroatoms. The summed E-state index contributed by atoms with van der Waals surface area (Å²) in [7, 11) is 4.94. The van der Waals surface area contributed by atoms with Crippen LogP contribution in [-0.4, -0.2) is 85.5 Å². The van der Waals surface area contributed by atoms with E-state index in [1.165, 1.54) is 11.6 Å². The molecular formula is C50H49FN10O6. The number of carbonyl (C=O) groups excluding carboxylic acids is 5. The fraction of sp³-hybridized carbons (Fsp3) is 0.280. The fourth-order valence-electron chi connectivity index (χ4n) is 9.92. The summed E-state index contributed by atoms with van der Waals surface area (Å²) in [6.07, 6.45) is 1.66. The highest BCUT2D eigenvalue weighted by Gasteiger charge is 2.37. The number of halogens is 1. The molecule has 5 amide bonds. The Morgan fingerprint density at radius 1 is 0.731 bits per heavy atom. The molecule has 2 unspecified atom stereocenters. The molecule has 1 aromatic heterocycles. The van der Waals surface area contributed by atoms with Gasteiger partial charge >= 0.3 is 5.69 Å². The standard InChI is InChI=1S/C50H49FN10O6/c1-52-47(64)30-6-4-7-31(26-30)53-49(66)46-44-39(57(3)55-46)18-16-36(45(44)51)35-15-13-34(60-21-5-8-43(60)63)27-37(35)29-9-11-32(12-10-29)58-22-24-59(25-23-58)33-14-17-38-41(28-33)56(2)50(67)61(38)40-19-20-42(62)54-48(40)65/h4,6-7,9-18,26-28,40,46,55H,5,8,19-25H2,1-3H3,(H,52,64)(H,53,66)(H,54,62,65). The lowest BCUT2D eigenvalue weighted by Gasteiger charge is -2.37. The average molecular weight is 905 g/mol. The largest absolute Gasteiger partial charge is 0.368 e. The maximum atomic E-state index is 17.2. The van der Waals surface area contributed by atoms with Crippen molar-refractivity contribution in [1.82, 2.24) is 25.2 Å². The molecule has 4 N–H and O–H groups in total. The van der Waals surface area contributed by atoms with E-state index in [2.05, 4.69) is 43.3 Å². The zero-order valence-corrected chi connectivity index (χ0v) is 37.3. The predicted molar refractivity (Wildman–Crippen MR) is 255 cm³/mol. The Kier molecular flexibility index (Phi) is 11.1. The van der Waals surface area contributed by atoms with Gasteiger partial charge in [0.05, 0.1) is 16.7 Å². The van der Waals surface area contributed by atoms with Gasteiger partial charge in [0.1, 0.15) is 17.9 Å². The monoisotopic (exact) mass is 904 g/mol. The Morgan fingerprint density at radius 2 is 1.45 bits per heavy atom. The lowest BCUT2D eigenvalue weighted by molar-refractivity contribution is -0.135. The first-order valence-corrected chi connectivity index (χ1v) is 22.4. The first-order valence-electron chi connectivity index (χ1n) is 22.4. The van der Waals surface area contributed by atoms with E-state index in [1.54, 1.807) is 65.0 Å². The third kappa shape index (κ3) is 7.73. The Bertz CT molecular complexity index is 3080. The molecule has 6 aromatic rings. The number of carbonyl (C=O) groups is 5. The number of rotatable bonds is 9. The van der Waals surface area contributed by atoms with Crippen molar-refractivity contribution < 1.29 is 28.4 Å². The normalized spacial score (nSPS) is 18.4. The Hall–Kier alpha value is -7.79. The van der Waals surface area contributed by atoms with Crippen molar-refractivity contribution in [2.24, 2.45) is 7.05 Å². The molecule has 3 saturated heterocycles. The molecule has 0 radical (unpaired) electrons. The van der Waals surface area contributed by atoms with Gasteiger partial charge in [-0.2, -0.15) is 0 Å². The Labute approximate surface area is 384 Å². The second kappa shape index (κ2) is 17.2. The lowest BCUT2D eigenvalue weighted by Crippen LogP contribution is -2.46. The molecule has 0 spiro atoms. The maximum absolute atomic E-state index is 17.2. The molecule has 16 nitrogen and oxygen atoms in total. The molecule has 342 valence electrons. The van der Waals surface area contributed by atoms with Crippen molar-refractivity contribution in [3.8, 4) is 22.3 Å². The fourth-order valence-corrected chi connectivity index (χ4v) is 9.92. The van der Waals surface area contributed by atoms with E-state index in [9.17, 15) is 28.8 Å². The van der Waals surface area contributed by atoms with Crippen molar-refractivity contribution in [2.45, 2.75) is 37.8 Å². The van der Waals surface area contributed by atoms with E-state index in [0.29, 0.717) is 65.2 Å². The van der Waals surface area contributed by atoms with Crippen LogP contribution in [0.1, 0.15) is 53.7 Å². The second-order valence-electron chi connectivity index (χ2n) is 17.4. The second-order valence-corrected chi connectivity index (χ2v) is 17.4. The minimum absolute atomic E-state index is 0.0373. The van der Waals surface area contributed by atoms with E-state index < -0.39 is 29.7 Å². The molecule has 4 aliphatic heterocycles. The topological polar surface area (TPSA) is 173 Å². The van der Waals surface area contributed by atoms with Crippen molar-refractivity contribution in [3.05, 3.63) is 124 Å². The number of anilines is 5. The van der Waals surface area contributed by atoms with E-state index in [4.69, 9.17) is 0 Å². The summed E-state index contributed by atoms with van der Waals surface area (Å²) in [4.78, 5) is 83.2. The molecule has 5 aromatic carbocycles. The summed E-state index contributed by atoms with van der Waals surface area (Å²) < 4.78 is 20.3. The highest BCUT2D eigenvalue weighted by molar-refractivity contribution is 6.02. The zero-order chi connectivity index (χ0) is 46.7. The number of amides is 5. The first-order chi connectivity index (χ1) is 32.4. The summed E-state index contributed by atoms with van der Waals surface area (Å²) >= 11 is 0. The van der Waals surface area contributed by atoms with Crippen molar-refractivity contribution in [1.29, 1.82) is 0 Å². The summed E-state index contributed by atoms with van der Waals surface area (Å²) in [5.41, 5.74) is 10.8. The molecule has 10 rings (SSSR count). The van der Waals surface area contributed by atoms with Crippen molar-refractivity contribution >= 4 is 69.0 Å². The molecule has 4 aliphatic rings. The summed E-state index contributed by atoms with van der Waals surface area (Å²) in [6, 6.07) is 27.8. The van der Waals surface area contributed by atoms with Crippen LogP contribution in [0.25, 0.3) is 33.3 Å². The number of benzene rings is 5. The molecule has 0 aliphatic carbocycles. The van der Waals surface area contributed by atoms with E-state index in [1.807, 2.05) is 48.5 Å². The van der Waals surface area contributed by atoms with E-state index >= 15 is 4.39 Å². The SMILES string of the molecule is CNC(=O)c1cccc(NC(=O)C2NN(C)c3ccc(-c4ccc(N5CCCC5=O)cc4-c4ccc(N5CCN(c6ccc7c(c6)n(C)c(=O)n7C6CCC(=O)NC6=O)CC5)cc4)c(F)c32)c1. The van der Waals surface area contributed by atoms with E-state index in [-0.39, 0.29) is 41.8 Å². The summed E-state index contributed by atoms with van der Waals surface area (Å²) in [6.45, 7) is 3.48. The van der Waals surface area contributed by atoms with Crippen LogP contribution >= 0.6 is 0 Å². The Balaban J connectivity index is 0.905. The van der Waals surface area contributed by atoms with Crippen LogP contribution in [0.4, 0.5) is 32.8 Å². The molecule has 3 fully saturated rings. The third-order valence-electron chi connectivity index (χ3n) is 13.5. The van der Waals surface area contributed by atoms with Crippen molar-refractivity contribution in [3.63, 3.8) is 0 Å². The van der Waals surface area contributed by atoms with Gasteiger partial charge in [0.15, 0.2) is 0 Å². The number of aromatic nitrogens is 2. The van der Waals surface area contributed by atoms with Gasteiger partial charge in [-0.1, -0.05) is 24.3 Å². The van der Waals surface area contributed by atoms with Crippen molar-refractivity contribution in [2.75, 3.05) is 71.8 Å². The zero-order valence-electron chi connectivity index (χ0n) is 37.3. The average Bonchev–Trinajstić information content (AvgIpc) is 4.01. The van der Waals surface area contributed by atoms with Gasteiger partial charge in [-0.15, -0.1) is 0 Å². The van der Waals surface area contributed by atoms with Gasteiger partial charge < -0.3 is 30.3 Å². The molecule has 67 heavy (non-hydrogen) atoms. The van der Waals surface area contributed by atoms with Crippen LogP contribution in [0.15, 0.2) is 102 Å². The summed E-state index contributed by atoms with van der Waals surface area (Å²) in [5, 5.41) is 9.41. The van der Waals surface area contributed by atoms with Crippen LogP contribution in [0.5, 0.6) is 0 Å². The number of imide groups is 1. The third-order valence-corrected chi connectivity index (χ3v) is 13.5. The molecule has 2 atom stereocenters. The number of nitrogens with one attached hydrogen (secondary N) is 4. The molecule has 0 bridgehead atoms. The van der Waals surface area contributed by atoms with Gasteiger partial charge in [0.2, 0.25) is 23.6 Å². The molecule has 0 saturated carbocycles. The van der Waals surface area contributed by atoms with Gasteiger partial charge in [-0.25, -0.2) is 14.6 Å². The van der Waals surface area contributed by atoms with Crippen LogP contribution in [-0.2, 0) is 26.2 Å². The molecule has 5 heterocycles. The Morgan fingerprint density at radius 3 is 2.16 bits per heavy atom. The first kappa shape index (κ1) is 43.1. The van der Waals surface area contributed by atoms with Crippen LogP contribution in [0, 0.1) is 5.82 Å². The maximum Gasteiger partial charge on any atom is 0.329 e. The quantitative estimate of drug-likeness (QED) is 0.141. The number of aryl methyl sites for hydroxylation is 1. The number of piperazine rings is 1. The smallest absolute Gasteiger partial charge is 0.329 e. The number of piperidine rings is 1. The van der Waals surface area contributed by atoms with Gasteiger partial charge in [0.25, 0.3) is 5.91 Å². The highest BCUT2D eigenvalue weighted by Crippen LogP contribution is 2.43. The lowest BCUT2D eigenvalue weighted by atomic mass is 9.91. The number of hydrogen-bond acceptors (Lipinski definition) is 10.